The number of hydrogen-bond acceptors (Lipinski definition) is 0. The molecule has 0 bridgehead atoms. The lowest BCUT2D eigenvalue weighted by Gasteiger charge is -2.21. The van der Waals surface area contributed by atoms with Crippen molar-refractivity contribution < 1.29 is 0 Å². The molecule has 0 aliphatic carbocycles. The molecule has 0 aromatic carbocycles. The molecule has 0 aromatic rings. The van der Waals surface area contributed by atoms with Crippen LogP contribution < -0.4 is 0 Å². The molecule has 0 aromatic heterocycles. The molecule has 0 heterocycles. The van der Waals surface area contributed by atoms with Crippen molar-refractivity contribution in [1.29, 1.82) is 0 Å². The molecule has 0 fully saturated rings. The van der Waals surface area contributed by atoms with Crippen LogP contribution in [0.15, 0.2) is 0 Å². The van der Waals surface area contributed by atoms with Gasteiger partial charge in [-0.25, -0.2) is 0 Å². The second-order valence-electron chi connectivity index (χ2n) is 8.79. The first kappa shape index (κ1) is 23.8. The quantitative estimate of drug-likeness (QED) is 0.209. The lowest BCUT2D eigenvalue weighted by atomic mass is 9.98. The molecule has 3 heteroatoms. The SMILES string of the molecule is CC(C)CCC[C@H](C)CC[Si](Cl)(Cl)CC[C@@H](C)CCCC(C)C. The molecule has 2 atom stereocenters. The highest BCUT2D eigenvalue weighted by molar-refractivity contribution is 7.45. The van der Waals surface area contributed by atoms with E-state index >= 15 is 0 Å². The van der Waals surface area contributed by atoms with Crippen LogP contribution in [0.3, 0.4) is 0 Å². The summed E-state index contributed by atoms with van der Waals surface area (Å²) in [6.07, 6.45) is 10.5. The molecule has 0 radical (unpaired) electrons. The highest BCUT2D eigenvalue weighted by atomic mass is 35.7. The van der Waals surface area contributed by atoms with Crippen LogP contribution in [0.2, 0.25) is 12.1 Å². The summed E-state index contributed by atoms with van der Waals surface area (Å²) < 4.78 is 0. The molecule has 0 aliphatic rings. The Bertz CT molecular complexity index is 251. The summed E-state index contributed by atoms with van der Waals surface area (Å²) in [4.78, 5) is 0. The fourth-order valence-corrected chi connectivity index (χ4v) is 6.47. The topological polar surface area (TPSA) is 0 Å². The third kappa shape index (κ3) is 16.0. The van der Waals surface area contributed by atoms with E-state index in [9.17, 15) is 0 Å². The van der Waals surface area contributed by atoms with Crippen molar-refractivity contribution in [2.75, 3.05) is 0 Å². The van der Waals surface area contributed by atoms with E-state index in [1.54, 1.807) is 0 Å². The van der Waals surface area contributed by atoms with Gasteiger partial charge in [-0.15, -0.1) is 22.2 Å². The Hall–Kier alpha value is 0.797. The minimum atomic E-state index is -2.01. The van der Waals surface area contributed by atoms with Crippen LogP contribution in [-0.2, 0) is 0 Å². The molecular weight excluding hydrogens is 339 g/mol. The summed E-state index contributed by atoms with van der Waals surface area (Å²) in [5.41, 5.74) is 0. The first-order chi connectivity index (χ1) is 10.6. The van der Waals surface area contributed by atoms with Gasteiger partial charge >= 0.3 is 0 Å². The highest BCUT2D eigenvalue weighted by Crippen LogP contribution is 2.33. The molecule has 0 saturated heterocycles. The maximum absolute atomic E-state index is 6.70. The molecular formula is C20H42Cl2Si. The van der Waals surface area contributed by atoms with Crippen molar-refractivity contribution >= 4 is 28.9 Å². The van der Waals surface area contributed by atoms with E-state index in [1.807, 2.05) is 0 Å². The first-order valence-electron chi connectivity index (χ1n) is 10.00. The Morgan fingerprint density at radius 1 is 0.565 bits per heavy atom. The van der Waals surface area contributed by atoms with Crippen LogP contribution >= 0.6 is 22.2 Å². The first-order valence-corrected chi connectivity index (χ1v) is 14.4. The minimum Gasteiger partial charge on any atom is -0.146 e. The smallest absolute Gasteiger partial charge is 0.146 e. The maximum atomic E-state index is 6.70. The van der Waals surface area contributed by atoms with Crippen LogP contribution in [0.1, 0.15) is 92.9 Å². The van der Waals surface area contributed by atoms with E-state index in [4.69, 9.17) is 22.2 Å². The summed E-state index contributed by atoms with van der Waals surface area (Å²) in [6.45, 7) is 12.0. The number of rotatable bonds is 14. The fourth-order valence-electron chi connectivity index (χ4n) is 3.08. The molecule has 0 saturated carbocycles. The molecule has 140 valence electrons. The zero-order valence-corrected chi connectivity index (χ0v) is 19.1. The van der Waals surface area contributed by atoms with Crippen LogP contribution in [0.5, 0.6) is 0 Å². The van der Waals surface area contributed by atoms with Crippen molar-refractivity contribution in [2.24, 2.45) is 23.7 Å². The van der Waals surface area contributed by atoms with Crippen molar-refractivity contribution in [3.8, 4) is 0 Å². The number of halogens is 2. The average molecular weight is 382 g/mol. The lowest BCUT2D eigenvalue weighted by Crippen LogP contribution is -2.20. The summed E-state index contributed by atoms with van der Waals surface area (Å²) in [5.74, 6) is 3.21. The summed E-state index contributed by atoms with van der Waals surface area (Å²) in [6, 6.07) is 2.16. The van der Waals surface area contributed by atoms with Crippen LogP contribution in [-0.4, -0.2) is 6.69 Å². The van der Waals surface area contributed by atoms with Gasteiger partial charge in [-0.1, -0.05) is 92.9 Å². The lowest BCUT2D eigenvalue weighted by molar-refractivity contribution is 0.443. The normalized spacial score (nSPS) is 15.4. The molecule has 0 unspecified atom stereocenters. The van der Waals surface area contributed by atoms with Gasteiger partial charge in [0.15, 0.2) is 0 Å². The molecule has 0 spiro atoms. The fraction of sp³-hybridized carbons (Fsp3) is 1.00. The molecule has 23 heavy (non-hydrogen) atoms. The zero-order valence-electron chi connectivity index (χ0n) is 16.6. The van der Waals surface area contributed by atoms with Gasteiger partial charge in [-0.2, -0.15) is 0 Å². The molecule has 0 N–H and O–H groups in total. The van der Waals surface area contributed by atoms with E-state index in [-0.39, 0.29) is 0 Å². The van der Waals surface area contributed by atoms with Crippen molar-refractivity contribution in [3.05, 3.63) is 0 Å². The van der Waals surface area contributed by atoms with Crippen molar-refractivity contribution in [3.63, 3.8) is 0 Å². The van der Waals surface area contributed by atoms with Gasteiger partial charge in [0, 0.05) is 0 Å². The van der Waals surface area contributed by atoms with Gasteiger partial charge in [-0.3, -0.25) is 0 Å². The number of hydrogen-bond donors (Lipinski definition) is 0. The molecule has 0 aliphatic heterocycles. The maximum Gasteiger partial charge on any atom is 0.251 e. The standard InChI is InChI=1S/C20H42Cl2Si/c1-17(2)9-7-11-19(5)13-15-23(21,22)16-14-20(6)12-8-10-18(3)4/h17-20H,7-16H2,1-6H3/t19-,20-/m0/s1. The van der Waals surface area contributed by atoms with Gasteiger partial charge in [0.25, 0.3) is 6.69 Å². The van der Waals surface area contributed by atoms with Gasteiger partial charge in [-0.05, 0) is 35.8 Å². The molecule has 0 rings (SSSR count). The summed E-state index contributed by atoms with van der Waals surface area (Å²) in [7, 11) is 0. The molecule has 0 amide bonds. The Balaban J connectivity index is 3.81. The van der Waals surface area contributed by atoms with Crippen LogP contribution in [0.25, 0.3) is 0 Å². The van der Waals surface area contributed by atoms with E-state index in [2.05, 4.69) is 41.5 Å². The van der Waals surface area contributed by atoms with Crippen molar-refractivity contribution in [1.82, 2.24) is 0 Å². The van der Waals surface area contributed by atoms with Crippen LogP contribution in [0.4, 0.5) is 0 Å². The van der Waals surface area contributed by atoms with Gasteiger partial charge in [0.1, 0.15) is 0 Å². The van der Waals surface area contributed by atoms with E-state index in [0.29, 0.717) is 0 Å². The molecule has 0 nitrogen and oxygen atoms in total. The van der Waals surface area contributed by atoms with E-state index < -0.39 is 6.69 Å². The third-order valence-electron chi connectivity index (χ3n) is 4.96. The Kier molecular flexibility index (Phi) is 13.5. The summed E-state index contributed by atoms with van der Waals surface area (Å²) in [5, 5.41) is 0. The Labute approximate surface area is 157 Å². The average Bonchev–Trinajstić information content (AvgIpc) is 2.42. The van der Waals surface area contributed by atoms with Crippen LogP contribution in [0, 0.1) is 23.7 Å². The second-order valence-corrected chi connectivity index (χ2v) is 16.4. The van der Waals surface area contributed by atoms with Gasteiger partial charge in [0.05, 0.1) is 0 Å². The van der Waals surface area contributed by atoms with Crippen molar-refractivity contribution in [2.45, 2.75) is 105 Å². The minimum absolute atomic E-state index is 0.779. The summed E-state index contributed by atoms with van der Waals surface area (Å²) >= 11 is 13.4. The predicted molar refractivity (Wildman–Crippen MR) is 112 cm³/mol. The van der Waals surface area contributed by atoms with E-state index in [1.165, 1.54) is 51.4 Å². The second kappa shape index (κ2) is 13.1. The predicted octanol–water partition coefficient (Wildman–Crippen LogP) is 8.61. The monoisotopic (exact) mass is 380 g/mol. The zero-order chi connectivity index (χ0) is 17.9. The Morgan fingerprint density at radius 3 is 1.22 bits per heavy atom. The largest absolute Gasteiger partial charge is 0.251 e. The Morgan fingerprint density at radius 2 is 0.913 bits per heavy atom. The van der Waals surface area contributed by atoms with Gasteiger partial charge in [0.2, 0.25) is 0 Å². The highest BCUT2D eigenvalue weighted by Gasteiger charge is 2.28. The van der Waals surface area contributed by atoms with Gasteiger partial charge < -0.3 is 0 Å². The van der Waals surface area contributed by atoms with E-state index in [0.717, 1.165) is 35.8 Å². The third-order valence-corrected chi connectivity index (χ3v) is 9.27.